The molecule has 0 fully saturated rings. The molecule has 0 amide bonds. The third kappa shape index (κ3) is 1.34. The van der Waals surface area contributed by atoms with Gasteiger partial charge in [0.15, 0.2) is 0 Å². The van der Waals surface area contributed by atoms with Gasteiger partial charge in [0.25, 0.3) is 0 Å². The summed E-state index contributed by atoms with van der Waals surface area (Å²) in [4.78, 5) is 7.23. The van der Waals surface area contributed by atoms with E-state index in [-0.39, 0.29) is 0 Å². The molecule has 2 aromatic rings. The van der Waals surface area contributed by atoms with Gasteiger partial charge in [-0.2, -0.15) is 0 Å². The van der Waals surface area contributed by atoms with Crippen molar-refractivity contribution in [1.82, 2.24) is 4.98 Å². The molecule has 0 saturated carbocycles. The molecule has 1 aliphatic carbocycles. The molecule has 0 aromatic carbocycles. The Bertz CT molecular complexity index is 528. The van der Waals surface area contributed by atoms with Gasteiger partial charge in [0.1, 0.15) is 4.83 Å². The Morgan fingerprint density at radius 1 is 1.33 bits per heavy atom. The van der Waals surface area contributed by atoms with E-state index in [0.717, 1.165) is 16.2 Å². The zero-order valence-corrected chi connectivity index (χ0v) is 9.66. The summed E-state index contributed by atoms with van der Waals surface area (Å²) in [5.41, 5.74) is 9.51. The second-order valence-electron chi connectivity index (χ2n) is 4.24. The standard InChI is InChI=1S/C12H14N2S/c1-7-6-9(13)11-8-4-2-3-5-10(8)15-12(11)14-7/h6H,2-5H2,1H3,(H2,13,14). The molecular formula is C12H14N2S. The summed E-state index contributed by atoms with van der Waals surface area (Å²) in [6, 6.07) is 1.99. The van der Waals surface area contributed by atoms with E-state index in [4.69, 9.17) is 5.73 Å². The Hall–Kier alpha value is -1.09. The number of nitrogens with two attached hydrogens (primary N) is 1. The minimum absolute atomic E-state index is 0.914. The molecule has 0 unspecified atom stereocenters. The van der Waals surface area contributed by atoms with Crippen molar-refractivity contribution in [3.8, 4) is 0 Å². The quantitative estimate of drug-likeness (QED) is 0.738. The van der Waals surface area contributed by atoms with Gasteiger partial charge >= 0.3 is 0 Å². The normalized spacial score (nSPS) is 15.5. The molecule has 0 radical (unpaired) electrons. The van der Waals surface area contributed by atoms with E-state index in [9.17, 15) is 0 Å². The van der Waals surface area contributed by atoms with E-state index in [2.05, 4.69) is 4.98 Å². The van der Waals surface area contributed by atoms with E-state index >= 15 is 0 Å². The summed E-state index contributed by atoms with van der Waals surface area (Å²) >= 11 is 1.84. The molecule has 2 aromatic heterocycles. The van der Waals surface area contributed by atoms with Crippen molar-refractivity contribution in [1.29, 1.82) is 0 Å². The predicted molar refractivity (Wildman–Crippen MR) is 65.4 cm³/mol. The molecule has 3 rings (SSSR count). The van der Waals surface area contributed by atoms with Crippen LogP contribution in [-0.2, 0) is 12.8 Å². The lowest BCUT2D eigenvalue weighted by Gasteiger charge is -2.10. The van der Waals surface area contributed by atoms with Crippen LogP contribution in [0.2, 0.25) is 0 Å². The van der Waals surface area contributed by atoms with Gasteiger partial charge in [-0.15, -0.1) is 11.3 Å². The van der Waals surface area contributed by atoms with Crippen molar-refractivity contribution in [2.24, 2.45) is 0 Å². The summed E-state index contributed by atoms with van der Waals surface area (Å²) in [7, 11) is 0. The number of anilines is 1. The number of aryl methyl sites for hydroxylation is 3. The number of hydrogen-bond acceptors (Lipinski definition) is 3. The lowest BCUT2D eigenvalue weighted by atomic mass is 9.96. The molecule has 2 nitrogen and oxygen atoms in total. The van der Waals surface area contributed by atoms with E-state index in [1.807, 2.05) is 24.3 Å². The monoisotopic (exact) mass is 218 g/mol. The number of rotatable bonds is 0. The summed E-state index contributed by atoms with van der Waals surface area (Å²) in [5.74, 6) is 0. The van der Waals surface area contributed by atoms with Crippen LogP contribution in [0.3, 0.4) is 0 Å². The fourth-order valence-electron chi connectivity index (χ4n) is 2.42. The van der Waals surface area contributed by atoms with Crippen molar-refractivity contribution < 1.29 is 0 Å². The van der Waals surface area contributed by atoms with Crippen LogP contribution in [0.25, 0.3) is 10.2 Å². The van der Waals surface area contributed by atoms with Crippen molar-refractivity contribution in [2.75, 3.05) is 5.73 Å². The first kappa shape index (κ1) is 9.16. The molecule has 78 valence electrons. The zero-order valence-electron chi connectivity index (χ0n) is 8.84. The molecule has 3 heteroatoms. The number of nitrogen functional groups attached to an aromatic ring is 1. The van der Waals surface area contributed by atoms with E-state index in [0.29, 0.717) is 0 Å². The second-order valence-corrected chi connectivity index (χ2v) is 5.33. The Balaban J connectivity index is 2.37. The Kier molecular flexibility index (Phi) is 1.96. The number of fused-ring (bicyclic) bond motifs is 3. The summed E-state index contributed by atoms with van der Waals surface area (Å²) < 4.78 is 0. The molecule has 0 spiro atoms. The van der Waals surface area contributed by atoms with Crippen LogP contribution in [0.15, 0.2) is 6.07 Å². The third-order valence-electron chi connectivity index (χ3n) is 3.08. The van der Waals surface area contributed by atoms with Crippen LogP contribution in [0.4, 0.5) is 5.69 Å². The minimum Gasteiger partial charge on any atom is -0.398 e. The summed E-state index contributed by atoms with van der Waals surface area (Å²) in [6.07, 6.45) is 5.02. The molecule has 2 heterocycles. The van der Waals surface area contributed by atoms with Crippen LogP contribution in [0.5, 0.6) is 0 Å². The number of aromatic nitrogens is 1. The number of hydrogen-bond donors (Lipinski definition) is 1. The van der Waals surface area contributed by atoms with Crippen molar-refractivity contribution >= 4 is 27.2 Å². The molecule has 15 heavy (non-hydrogen) atoms. The fourth-order valence-corrected chi connectivity index (χ4v) is 3.76. The smallest absolute Gasteiger partial charge is 0.126 e. The maximum Gasteiger partial charge on any atom is 0.126 e. The van der Waals surface area contributed by atoms with Gasteiger partial charge in [0.2, 0.25) is 0 Å². The first-order valence-corrected chi connectivity index (χ1v) is 6.25. The Morgan fingerprint density at radius 2 is 2.13 bits per heavy atom. The van der Waals surface area contributed by atoms with Crippen molar-refractivity contribution in [3.05, 3.63) is 22.2 Å². The van der Waals surface area contributed by atoms with Gasteiger partial charge in [0.05, 0.1) is 0 Å². The molecule has 0 atom stereocenters. The van der Waals surface area contributed by atoms with Gasteiger partial charge < -0.3 is 5.73 Å². The van der Waals surface area contributed by atoms with Crippen LogP contribution in [-0.4, -0.2) is 4.98 Å². The highest BCUT2D eigenvalue weighted by molar-refractivity contribution is 7.19. The van der Waals surface area contributed by atoms with Crippen molar-refractivity contribution in [3.63, 3.8) is 0 Å². The number of nitrogens with zero attached hydrogens (tertiary/aromatic N) is 1. The maximum atomic E-state index is 6.09. The van der Waals surface area contributed by atoms with E-state index in [1.54, 1.807) is 0 Å². The van der Waals surface area contributed by atoms with Gasteiger partial charge in [-0.25, -0.2) is 4.98 Å². The van der Waals surface area contributed by atoms with Crippen LogP contribution >= 0.6 is 11.3 Å². The topological polar surface area (TPSA) is 38.9 Å². The first-order chi connectivity index (χ1) is 7.25. The second kappa shape index (κ2) is 3.20. The van der Waals surface area contributed by atoms with Gasteiger partial charge in [0, 0.05) is 21.6 Å². The molecule has 2 N–H and O–H groups in total. The van der Waals surface area contributed by atoms with Crippen LogP contribution < -0.4 is 5.73 Å². The Morgan fingerprint density at radius 3 is 3.00 bits per heavy atom. The number of pyridine rings is 1. The Labute approximate surface area is 93.1 Å². The predicted octanol–water partition coefficient (Wildman–Crippen LogP) is 3.07. The van der Waals surface area contributed by atoms with Crippen molar-refractivity contribution in [2.45, 2.75) is 32.6 Å². The first-order valence-electron chi connectivity index (χ1n) is 5.43. The largest absolute Gasteiger partial charge is 0.398 e. The minimum atomic E-state index is 0.914. The molecular weight excluding hydrogens is 204 g/mol. The van der Waals surface area contributed by atoms with E-state index < -0.39 is 0 Å². The SMILES string of the molecule is Cc1cc(N)c2c3c(sc2n1)CCCC3. The lowest BCUT2D eigenvalue weighted by molar-refractivity contribution is 0.700. The average Bonchev–Trinajstić information content (AvgIpc) is 2.54. The molecule has 0 bridgehead atoms. The highest BCUT2D eigenvalue weighted by Crippen LogP contribution is 2.38. The maximum absolute atomic E-state index is 6.09. The third-order valence-corrected chi connectivity index (χ3v) is 4.27. The summed E-state index contributed by atoms with van der Waals surface area (Å²) in [6.45, 7) is 2.01. The van der Waals surface area contributed by atoms with Gasteiger partial charge in [-0.05, 0) is 44.2 Å². The highest BCUT2D eigenvalue weighted by atomic mass is 32.1. The highest BCUT2D eigenvalue weighted by Gasteiger charge is 2.18. The number of thiophene rings is 1. The lowest BCUT2D eigenvalue weighted by Crippen LogP contribution is -1.99. The van der Waals surface area contributed by atoms with Gasteiger partial charge in [-0.3, -0.25) is 0 Å². The molecule has 1 aliphatic rings. The van der Waals surface area contributed by atoms with Crippen LogP contribution in [0, 0.1) is 6.92 Å². The summed E-state index contributed by atoms with van der Waals surface area (Å²) in [5, 5.41) is 1.24. The zero-order chi connectivity index (χ0) is 10.4. The average molecular weight is 218 g/mol. The molecule has 0 aliphatic heterocycles. The van der Waals surface area contributed by atoms with Crippen LogP contribution in [0.1, 0.15) is 29.0 Å². The van der Waals surface area contributed by atoms with E-state index in [1.165, 1.54) is 41.5 Å². The van der Waals surface area contributed by atoms with Gasteiger partial charge in [-0.1, -0.05) is 0 Å². The fraction of sp³-hybridized carbons (Fsp3) is 0.417. The molecule has 0 saturated heterocycles.